The van der Waals surface area contributed by atoms with Gasteiger partial charge in [-0.1, -0.05) is 6.07 Å². The fourth-order valence-corrected chi connectivity index (χ4v) is 4.60. The van der Waals surface area contributed by atoms with Gasteiger partial charge in [0.1, 0.15) is 22.3 Å². The van der Waals surface area contributed by atoms with Gasteiger partial charge in [-0.3, -0.25) is 9.52 Å². The zero-order valence-corrected chi connectivity index (χ0v) is 18.1. The molecular weight excluding hydrogens is 424 g/mol. The molecule has 1 heterocycles. The summed E-state index contributed by atoms with van der Waals surface area (Å²) in [4.78, 5) is 12.4. The van der Waals surface area contributed by atoms with Gasteiger partial charge in [-0.15, -0.1) is 11.3 Å². The van der Waals surface area contributed by atoms with Crippen LogP contribution in [-0.2, 0) is 10.0 Å². The number of anilines is 1. The lowest BCUT2D eigenvalue weighted by Crippen LogP contribution is -2.36. The topological polar surface area (TPSA) is 93.7 Å². The summed E-state index contributed by atoms with van der Waals surface area (Å²) in [6.45, 7) is 2.14. The van der Waals surface area contributed by atoms with Crippen LogP contribution in [-0.4, -0.2) is 34.1 Å². The lowest BCUT2D eigenvalue weighted by atomic mass is 10.2. The van der Waals surface area contributed by atoms with Gasteiger partial charge in [0.25, 0.3) is 15.9 Å². The number of carbonyl (C=O) groups excluding carboxylic acids is 1. The summed E-state index contributed by atoms with van der Waals surface area (Å²) in [6.07, 6.45) is 0. The standard InChI is InChI=1S/C21H22N2O5S2/c1-15(14-28-19-11-9-18(27-2)10-12-19)22-21(24)16-5-7-17(8-6-16)23-30(25,26)20-4-3-13-29-20/h3-13,15,23H,14H2,1-2H3,(H,22,24)/t15-/m1/s1. The van der Waals surface area contributed by atoms with Gasteiger partial charge in [-0.2, -0.15) is 0 Å². The molecule has 3 aromatic rings. The minimum Gasteiger partial charge on any atom is -0.497 e. The Morgan fingerprint density at radius 2 is 1.70 bits per heavy atom. The number of hydrogen-bond acceptors (Lipinski definition) is 6. The van der Waals surface area contributed by atoms with E-state index in [4.69, 9.17) is 9.47 Å². The van der Waals surface area contributed by atoms with Crippen molar-refractivity contribution < 1.29 is 22.7 Å². The molecule has 1 aromatic heterocycles. The van der Waals surface area contributed by atoms with Crippen LogP contribution in [0.3, 0.4) is 0 Å². The van der Waals surface area contributed by atoms with E-state index in [2.05, 4.69) is 10.0 Å². The molecule has 2 aromatic carbocycles. The van der Waals surface area contributed by atoms with Gasteiger partial charge < -0.3 is 14.8 Å². The summed E-state index contributed by atoms with van der Waals surface area (Å²) in [7, 11) is -2.02. The molecule has 0 aliphatic heterocycles. The molecule has 9 heteroatoms. The fraction of sp³-hybridized carbons (Fsp3) is 0.190. The third-order valence-electron chi connectivity index (χ3n) is 4.10. The van der Waals surface area contributed by atoms with Crippen LogP contribution in [0.15, 0.2) is 70.3 Å². The molecule has 0 fully saturated rings. The average molecular weight is 447 g/mol. The van der Waals surface area contributed by atoms with E-state index >= 15 is 0 Å². The van der Waals surface area contributed by atoms with Crippen LogP contribution in [0.5, 0.6) is 11.5 Å². The number of nitrogens with one attached hydrogen (secondary N) is 2. The van der Waals surface area contributed by atoms with Crippen molar-refractivity contribution >= 4 is 33.0 Å². The zero-order chi connectivity index (χ0) is 21.6. The minimum atomic E-state index is -3.62. The van der Waals surface area contributed by atoms with Crippen LogP contribution in [0, 0.1) is 0 Å². The zero-order valence-electron chi connectivity index (χ0n) is 16.5. The van der Waals surface area contributed by atoms with E-state index < -0.39 is 10.0 Å². The van der Waals surface area contributed by atoms with Gasteiger partial charge >= 0.3 is 0 Å². The van der Waals surface area contributed by atoms with Crippen molar-refractivity contribution in [1.82, 2.24) is 5.32 Å². The molecule has 0 aliphatic carbocycles. The monoisotopic (exact) mass is 446 g/mol. The van der Waals surface area contributed by atoms with Crippen molar-refractivity contribution in [2.75, 3.05) is 18.4 Å². The van der Waals surface area contributed by atoms with Crippen molar-refractivity contribution in [3.63, 3.8) is 0 Å². The second-order valence-corrected chi connectivity index (χ2v) is 9.33. The molecule has 0 saturated carbocycles. The maximum Gasteiger partial charge on any atom is 0.271 e. The van der Waals surface area contributed by atoms with Crippen LogP contribution in [0.2, 0.25) is 0 Å². The number of carbonyl (C=O) groups is 1. The molecule has 0 aliphatic rings. The number of thiophene rings is 1. The smallest absolute Gasteiger partial charge is 0.271 e. The Morgan fingerprint density at radius 3 is 2.30 bits per heavy atom. The Bertz CT molecular complexity index is 1060. The molecule has 158 valence electrons. The highest BCUT2D eigenvalue weighted by molar-refractivity contribution is 7.94. The molecule has 0 saturated heterocycles. The number of sulfonamides is 1. The Labute approximate surface area is 179 Å². The maximum atomic E-state index is 12.4. The quantitative estimate of drug-likeness (QED) is 0.522. The summed E-state index contributed by atoms with van der Waals surface area (Å²) in [5.41, 5.74) is 0.807. The number of ether oxygens (including phenoxy) is 2. The van der Waals surface area contributed by atoms with E-state index in [1.54, 1.807) is 67.1 Å². The van der Waals surface area contributed by atoms with Gasteiger partial charge in [0.05, 0.1) is 13.2 Å². The average Bonchev–Trinajstić information content (AvgIpc) is 3.29. The SMILES string of the molecule is COc1ccc(OC[C@@H](C)NC(=O)c2ccc(NS(=O)(=O)c3cccs3)cc2)cc1. The number of benzene rings is 2. The van der Waals surface area contributed by atoms with Crippen molar-refractivity contribution in [1.29, 1.82) is 0 Å². The van der Waals surface area contributed by atoms with Gasteiger partial charge in [0, 0.05) is 11.3 Å². The van der Waals surface area contributed by atoms with E-state index in [9.17, 15) is 13.2 Å². The second-order valence-electron chi connectivity index (χ2n) is 6.48. The first kappa shape index (κ1) is 21.7. The highest BCUT2D eigenvalue weighted by Gasteiger charge is 2.16. The lowest BCUT2D eigenvalue weighted by molar-refractivity contribution is 0.0926. The molecule has 0 radical (unpaired) electrons. The molecular formula is C21H22N2O5S2. The van der Waals surface area contributed by atoms with Crippen molar-refractivity contribution in [3.05, 3.63) is 71.6 Å². The molecule has 1 atom stereocenters. The largest absolute Gasteiger partial charge is 0.497 e. The summed E-state index contributed by atoms with van der Waals surface area (Å²) >= 11 is 1.14. The molecule has 3 rings (SSSR count). The van der Waals surface area contributed by atoms with Crippen LogP contribution in [0.1, 0.15) is 17.3 Å². The highest BCUT2D eigenvalue weighted by Crippen LogP contribution is 2.20. The first-order valence-electron chi connectivity index (χ1n) is 9.11. The predicted octanol–water partition coefficient (Wildman–Crippen LogP) is 3.75. The lowest BCUT2D eigenvalue weighted by Gasteiger charge is -2.15. The maximum absolute atomic E-state index is 12.4. The van der Waals surface area contributed by atoms with Gasteiger partial charge in [0.2, 0.25) is 0 Å². The molecule has 0 bridgehead atoms. The number of hydrogen-bond donors (Lipinski definition) is 2. The van der Waals surface area contributed by atoms with E-state index in [1.165, 1.54) is 6.07 Å². The Hall–Kier alpha value is -3.04. The van der Waals surface area contributed by atoms with E-state index in [1.807, 2.05) is 6.92 Å². The molecule has 2 N–H and O–H groups in total. The van der Waals surface area contributed by atoms with E-state index in [-0.39, 0.29) is 16.2 Å². The van der Waals surface area contributed by atoms with Crippen LogP contribution in [0.25, 0.3) is 0 Å². The number of amides is 1. The highest BCUT2D eigenvalue weighted by atomic mass is 32.2. The van der Waals surface area contributed by atoms with Crippen LogP contribution in [0.4, 0.5) is 5.69 Å². The third-order valence-corrected chi connectivity index (χ3v) is 6.87. The third kappa shape index (κ3) is 5.74. The molecule has 1 amide bonds. The van der Waals surface area contributed by atoms with E-state index in [0.717, 1.165) is 17.1 Å². The first-order valence-corrected chi connectivity index (χ1v) is 11.5. The molecule has 0 spiro atoms. The summed E-state index contributed by atoms with van der Waals surface area (Å²) in [5, 5.41) is 4.55. The van der Waals surface area contributed by atoms with Crippen LogP contribution < -0.4 is 19.5 Å². The Kier molecular flexibility index (Phi) is 6.96. The summed E-state index contributed by atoms with van der Waals surface area (Å²) in [5.74, 6) is 1.15. The summed E-state index contributed by atoms with van der Waals surface area (Å²) in [6, 6.07) is 16.4. The number of methoxy groups -OCH3 is 1. The number of rotatable bonds is 9. The molecule has 7 nitrogen and oxygen atoms in total. The van der Waals surface area contributed by atoms with Crippen LogP contribution >= 0.6 is 11.3 Å². The van der Waals surface area contributed by atoms with Gasteiger partial charge in [0.15, 0.2) is 0 Å². The molecule has 30 heavy (non-hydrogen) atoms. The second kappa shape index (κ2) is 9.64. The Morgan fingerprint density at radius 1 is 1.03 bits per heavy atom. The normalized spacial score (nSPS) is 12.1. The van der Waals surface area contributed by atoms with Gasteiger partial charge in [-0.05, 0) is 66.9 Å². The minimum absolute atomic E-state index is 0.225. The molecule has 0 unspecified atom stereocenters. The van der Waals surface area contributed by atoms with Crippen molar-refractivity contribution in [3.8, 4) is 11.5 Å². The van der Waals surface area contributed by atoms with Gasteiger partial charge in [-0.25, -0.2) is 8.42 Å². The summed E-state index contributed by atoms with van der Waals surface area (Å²) < 4.78 is 38.0. The predicted molar refractivity (Wildman–Crippen MR) is 117 cm³/mol. The van der Waals surface area contributed by atoms with E-state index in [0.29, 0.717) is 23.6 Å². The Balaban J connectivity index is 1.52. The van der Waals surface area contributed by atoms with Crippen molar-refractivity contribution in [2.24, 2.45) is 0 Å². The fourth-order valence-electron chi connectivity index (χ4n) is 2.55. The first-order chi connectivity index (χ1) is 14.4. The van der Waals surface area contributed by atoms with Crippen molar-refractivity contribution in [2.45, 2.75) is 17.2 Å².